The van der Waals surface area contributed by atoms with E-state index in [1.807, 2.05) is 0 Å². The molecule has 3 rings (SSSR count). The third-order valence-electron chi connectivity index (χ3n) is 5.21. The molecular weight excluding hydrogens is 318 g/mol. The smallest absolute Gasteiger partial charge is 0.0388 e. The van der Waals surface area contributed by atoms with E-state index in [4.69, 9.17) is 0 Å². The summed E-state index contributed by atoms with van der Waals surface area (Å²) < 4.78 is 3.35. The Morgan fingerprint density at radius 3 is 1.26 bits per heavy atom. The van der Waals surface area contributed by atoms with E-state index in [-0.39, 0.29) is 0 Å². The van der Waals surface area contributed by atoms with Crippen molar-refractivity contribution >= 4 is 23.9 Å². The Kier molecular flexibility index (Phi) is 7.70. The molecule has 0 amide bonds. The molecule has 0 fully saturated rings. The van der Waals surface area contributed by atoms with Crippen LogP contribution < -0.4 is 4.13 Å². The van der Waals surface area contributed by atoms with Crippen LogP contribution in [0.15, 0.2) is 21.9 Å². The van der Waals surface area contributed by atoms with Gasteiger partial charge in [0.05, 0.1) is 0 Å². The summed E-state index contributed by atoms with van der Waals surface area (Å²) in [5, 5.41) is 0. The third-order valence-corrected chi connectivity index (χ3v) is 7.12. The second-order valence-electron chi connectivity index (χ2n) is 7.10. The van der Waals surface area contributed by atoms with Crippen LogP contribution in [0.5, 0.6) is 0 Å². The lowest BCUT2D eigenvalue weighted by Crippen LogP contribution is -1.97. The summed E-state index contributed by atoms with van der Waals surface area (Å²) in [6, 6.07) is 4.96. The predicted octanol–water partition coefficient (Wildman–Crippen LogP) is 7.08. The van der Waals surface area contributed by atoms with E-state index >= 15 is 0 Å². The summed E-state index contributed by atoms with van der Waals surface area (Å²) >= 11 is 3.59. The van der Waals surface area contributed by atoms with E-state index in [9.17, 15) is 0 Å². The van der Waals surface area contributed by atoms with Crippen LogP contribution in [-0.2, 0) is 12.8 Å². The molecule has 1 heterocycles. The van der Waals surface area contributed by atoms with Gasteiger partial charge in [0.1, 0.15) is 0 Å². The minimum absolute atomic E-state index is 1.29. The van der Waals surface area contributed by atoms with Crippen LogP contribution in [0.2, 0.25) is 0 Å². The van der Waals surface area contributed by atoms with E-state index < -0.39 is 0 Å². The fourth-order valence-electron chi connectivity index (χ4n) is 3.78. The third kappa shape index (κ3) is 5.72. The van der Waals surface area contributed by atoms with Crippen LogP contribution in [0.1, 0.15) is 88.2 Å². The summed E-state index contributed by atoms with van der Waals surface area (Å²) in [5.74, 6) is 0. The molecule has 0 radical (unpaired) electrons. The largest absolute Gasteiger partial charge is 0.199 e. The zero-order valence-electron chi connectivity index (χ0n) is 14.4. The van der Waals surface area contributed by atoms with Gasteiger partial charge >= 0.3 is 0 Å². The molecule has 0 bridgehead atoms. The second kappa shape index (κ2) is 10.0. The quantitative estimate of drug-likeness (QED) is 0.502. The van der Waals surface area contributed by atoms with Crippen molar-refractivity contribution in [1.29, 1.82) is 0 Å². The number of rotatable bonds is 0. The van der Waals surface area contributed by atoms with Gasteiger partial charge in [0.15, 0.2) is 0 Å². The standard InChI is InChI=1S/C20H31NS2/c1-2-4-6-8-10-12-14-18-16-20-19(22-21-23-20)15-17(18)13-11-9-7-5-3-1/h15-16,21H,1-14H2. The van der Waals surface area contributed by atoms with Gasteiger partial charge in [-0.25, -0.2) is 0 Å². The maximum absolute atomic E-state index is 3.35. The minimum atomic E-state index is 1.29. The molecule has 2 aliphatic rings. The molecule has 0 saturated carbocycles. The maximum Gasteiger partial charge on any atom is 0.0388 e. The number of hydrogen-bond donors (Lipinski definition) is 1. The normalized spacial score (nSPS) is 21.6. The van der Waals surface area contributed by atoms with Gasteiger partial charge in [0.25, 0.3) is 0 Å². The minimum Gasteiger partial charge on any atom is -0.199 e. The van der Waals surface area contributed by atoms with Crippen LogP contribution >= 0.6 is 23.9 Å². The van der Waals surface area contributed by atoms with E-state index in [0.29, 0.717) is 0 Å². The van der Waals surface area contributed by atoms with Crippen molar-refractivity contribution in [2.75, 3.05) is 0 Å². The lowest BCUT2D eigenvalue weighted by molar-refractivity contribution is 0.537. The number of benzene rings is 1. The van der Waals surface area contributed by atoms with Crippen LogP contribution in [0.4, 0.5) is 0 Å². The summed E-state index contributed by atoms with van der Waals surface area (Å²) in [4.78, 5) is 2.89. The molecule has 1 aromatic carbocycles. The van der Waals surface area contributed by atoms with Gasteiger partial charge in [-0.1, -0.05) is 64.2 Å². The number of fused-ring (bicyclic) bond motifs is 2. The first-order chi connectivity index (χ1) is 11.4. The van der Waals surface area contributed by atoms with Gasteiger partial charge in [-0.15, -0.1) is 0 Å². The zero-order valence-corrected chi connectivity index (χ0v) is 16.0. The van der Waals surface area contributed by atoms with Crippen LogP contribution in [0.3, 0.4) is 0 Å². The van der Waals surface area contributed by atoms with E-state index in [0.717, 1.165) is 0 Å². The number of nitrogens with one attached hydrogen (secondary N) is 1. The van der Waals surface area contributed by atoms with Crippen molar-refractivity contribution in [2.45, 2.75) is 99.7 Å². The Bertz CT molecular complexity index is 444. The molecule has 23 heavy (non-hydrogen) atoms. The Labute approximate surface area is 151 Å². The van der Waals surface area contributed by atoms with E-state index in [2.05, 4.69) is 16.3 Å². The lowest BCUT2D eigenvalue weighted by atomic mass is 9.95. The first-order valence-electron chi connectivity index (χ1n) is 9.68. The zero-order chi connectivity index (χ0) is 15.7. The molecule has 1 N–H and O–H groups in total. The molecule has 0 atom stereocenters. The Morgan fingerprint density at radius 2 is 0.870 bits per heavy atom. The second-order valence-corrected chi connectivity index (χ2v) is 9.05. The van der Waals surface area contributed by atoms with E-state index in [1.165, 1.54) is 99.7 Å². The number of aryl methyl sites for hydroxylation is 2. The summed E-state index contributed by atoms with van der Waals surface area (Å²) in [6.07, 6.45) is 19.8. The molecule has 3 heteroatoms. The van der Waals surface area contributed by atoms with Crippen LogP contribution in [0.25, 0.3) is 0 Å². The SMILES string of the molecule is c1c2c(cc3c1SNS3)CCCCCCCCCCCCCC2. The molecule has 0 spiro atoms. The van der Waals surface area contributed by atoms with Crippen molar-refractivity contribution in [3.8, 4) is 0 Å². The molecule has 1 aliphatic heterocycles. The first-order valence-corrected chi connectivity index (χ1v) is 11.3. The molecule has 0 saturated heterocycles. The summed E-state index contributed by atoms with van der Waals surface area (Å²) in [6.45, 7) is 0. The monoisotopic (exact) mass is 349 g/mol. The molecule has 0 aromatic heterocycles. The van der Waals surface area contributed by atoms with Crippen molar-refractivity contribution in [3.05, 3.63) is 23.3 Å². The molecular formula is C20H31NS2. The van der Waals surface area contributed by atoms with Gasteiger partial charge in [-0.05, 0) is 72.8 Å². The molecule has 1 aliphatic carbocycles. The van der Waals surface area contributed by atoms with Gasteiger partial charge in [0, 0.05) is 9.79 Å². The van der Waals surface area contributed by atoms with Crippen molar-refractivity contribution in [3.63, 3.8) is 0 Å². The molecule has 128 valence electrons. The fourth-order valence-corrected chi connectivity index (χ4v) is 5.63. The molecule has 1 aromatic rings. The Hall–Kier alpha value is -0.120. The molecule has 0 unspecified atom stereocenters. The maximum atomic E-state index is 3.35. The molecule has 1 nitrogen and oxygen atoms in total. The van der Waals surface area contributed by atoms with Crippen LogP contribution in [0, 0.1) is 0 Å². The highest BCUT2D eigenvalue weighted by molar-refractivity contribution is 8.15. The fraction of sp³-hybridized carbons (Fsp3) is 0.700. The van der Waals surface area contributed by atoms with E-state index in [1.54, 1.807) is 35.0 Å². The Morgan fingerprint density at radius 1 is 0.522 bits per heavy atom. The van der Waals surface area contributed by atoms with Gasteiger partial charge < -0.3 is 0 Å². The highest BCUT2D eigenvalue weighted by atomic mass is 32.2. The Balaban J connectivity index is 1.63. The van der Waals surface area contributed by atoms with Crippen molar-refractivity contribution in [1.82, 2.24) is 4.13 Å². The highest BCUT2D eigenvalue weighted by Gasteiger charge is 2.16. The van der Waals surface area contributed by atoms with Gasteiger partial charge in [-0.2, -0.15) is 4.13 Å². The predicted molar refractivity (Wildman–Crippen MR) is 104 cm³/mol. The van der Waals surface area contributed by atoms with Crippen molar-refractivity contribution in [2.24, 2.45) is 0 Å². The lowest BCUT2D eigenvalue weighted by Gasteiger charge is -2.12. The van der Waals surface area contributed by atoms with Crippen LogP contribution in [-0.4, -0.2) is 0 Å². The summed E-state index contributed by atoms with van der Waals surface area (Å²) in [7, 11) is 0. The topological polar surface area (TPSA) is 12.0 Å². The average molecular weight is 350 g/mol. The van der Waals surface area contributed by atoms with Gasteiger partial charge in [0.2, 0.25) is 0 Å². The average Bonchev–Trinajstić information content (AvgIpc) is 3.01. The van der Waals surface area contributed by atoms with Crippen molar-refractivity contribution < 1.29 is 0 Å². The highest BCUT2D eigenvalue weighted by Crippen LogP contribution is 2.39. The summed E-state index contributed by atoms with van der Waals surface area (Å²) in [5.41, 5.74) is 3.26. The first kappa shape index (κ1) is 17.7. The van der Waals surface area contributed by atoms with Gasteiger partial charge in [-0.3, -0.25) is 0 Å². The number of hydrogen-bond acceptors (Lipinski definition) is 3.